The van der Waals surface area contributed by atoms with Crippen molar-refractivity contribution in [3.63, 3.8) is 0 Å². The summed E-state index contributed by atoms with van der Waals surface area (Å²) in [4.78, 5) is 16.0. The summed E-state index contributed by atoms with van der Waals surface area (Å²) in [5, 5.41) is 0. The van der Waals surface area contributed by atoms with Gasteiger partial charge in [0.15, 0.2) is 12.2 Å². The monoisotopic (exact) mass is 384 g/mol. The van der Waals surface area contributed by atoms with Crippen molar-refractivity contribution in [1.82, 2.24) is 4.98 Å². The normalized spacial score (nSPS) is 17.5. The van der Waals surface area contributed by atoms with Gasteiger partial charge in [0.25, 0.3) is 10.0 Å². The van der Waals surface area contributed by atoms with Crippen LogP contribution in [0.2, 0.25) is 0 Å². The molecule has 0 aliphatic carbocycles. The summed E-state index contributed by atoms with van der Waals surface area (Å²) in [7, 11) is -2.49. The first-order chi connectivity index (χ1) is 13.0. The number of anilines is 1. The Kier molecular flexibility index (Phi) is 4.19. The van der Waals surface area contributed by atoms with Crippen LogP contribution in [-0.4, -0.2) is 26.5 Å². The second-order valence-electron chi connectivity index (χ2n) is 6.05. The Balaban J connectivity index is 1.78. The molecule has 1 aliphatic rings. The molecule has 1 unspecified atom stereocenters. The summed E-state index contributed by atoms with van der Waals surface area (Å²) >= 11 is 0. The number of aromatic nitrogens is 1. The van der Waals surface area contributed by atoms with E-state index in [9.17, 15) is 13.2 Å². The molecule has 0 N–H and O–H groups in total. The van der Waals surface area contributed by atoms with Crippen molar-refractivity contribution in [2.45, 2.75) is 17.4 Å². The molecule has 8 heteroatoms. The Morgan fingerprint density at radius 2 is 1.93 bits per heavy atom. The van der Waals surface area contributed by atoms with Crippen molar-refractivity contribution >= 4 is 21.7 Å². The Labute approximate surface area is 156 Å². The van der Waals surface area contributed by atoms with Crippen molar-refractivity contribution in [3.05, 3.63) is 66.7 Å². The zero-order valence-corrected chi connectivity index (χ0v) is 15.2. The first kappa shape index (κ1) is 17.3. The lowest BCUT2D eigenvalue weighted by Crippen LogP contribution is -2.29. The van der Waals surface area contributed by atoms with E-state index in [0.717, 1.165) is 5.56 Å². The molecule has 1 aliphatic heterocycles. The highest BCUT2D eigenvalue weighted by Gasteiger charge is 2.43. The van der Waals surface area contributed by atoms with E-state index in [1.54, 1.807) is 54.7 Å². The molecule has 27 heavy (non-hydrogen) atoms. The van der Waals surface area contributed by atoms with Crippen LogP contribution in [0.3, 0.4) is 0 Å². The van der Waals surface area contributed by atoms with Gasteiger partial charge in [0, 0.05) is 5.56 Å². The highest BCUT2D eigenvalue weighted by atomic mass is 32.2. The van der Waals surface area contributed by atoms with Crippen LogP contribution in [0.1, 0.15) is 18.0 Å². The molecule has 7 nitrogen and oxygen atoms in total. The molecule has 138 valence electrons. The Morgan fingerprint density at radius 3 is 2.59 bits per heavy atom. The van der Waals surface area contributed by atoms with E-state index in [0.29, 0.717) is 17.0 Å². The van der Waals surface area contributed by atoms with Gasteiger partial charge < -0.3 is 9.15 Å². The number of ether oxygens (including phenoxy) is 1. The van der Waals surface area contributed by atoms with E-state index in [1.807, 2.05) is 0 Å². The van der Waals surface area contributed by atoms with Crippen molar-refractivity contribution in [2.75, 3.05) is 11.4 Å². The van der Waals surface area contributed by atoms with Crippen LogP contribution in [0.25, 0.3) is 11.3 Å². The molecule has 0 fully saturated rings. The first-order valence-corrected chi connectivity index (χ1v) is 9.65. The quantitative estimate of drug-likeness (QED) is 0.642. The SMILES string of the molecule is COC(=O)CC1c2ccccc2S(=O)(=O)N1c1ccc(-c2cnco2)cc1. The third kappa shape index (κ3) is 2.87. The number of esters is 1. The number of rotatable bonds is 4. The second kappa shape index (κ2) is 6.55. The van der Waals surface area contributed by atoms with E-state index in [4.69, 9.17) is 9.15 Å². The Bertz CT molecular complexity index is 1080. The van der Waals surface area contributed by atoms with Crippen molar-refractivity contribution in [3.8, 4) is 11.3 Å². The molecule has 2 heterocycles. The highest BCUT2D eigenvalue weighted by Crippen LogP contribution is 2.44. The van der Waals surface area contributed by atoms with Crippen LogP contribution in [0.4, 0.5) is 5.69 Å². The first-order valence-electron chi connectivity index (χ1n) is 8.21. The van der Waals surface area contributed by atoms with Gasteiger partial charge in [0.2, 0.25) is 0 Å². The number of sulfonamides is 1. The fourth-order valence-corrected chi connectivity index (χ4v) is 5.16. The molecule has 0 spiro atoms. The number of fused-ring (bicyclic) bond motifs is 1. The lowest BCUT2D eigenvalue weighted by molar-refractivity contribution is -0.141. The van der Waals surface area contributed by atoms with E-state index in [-0.39, 0.29) is 11.3 Å². The molecule has 0 saturated heterocycles. The summed E-state index contributed by atoms with van der Waals surface area (Å²) in [5.74, 6) is 0.107. The molecule has 0 radical (unpaired) electrons. The van der Waals surface area contributed by atoms with E-state index >= 15 is 0 Å². The molecule has 3 aromatic rings. The predicted octanol–water partition coefficient (Wildman–Crippen LogP) is 3.15. The number of hydrogen-bond acceptors (Lipinski definition) is 6. The van der Waals surface area contributed by atoms with Crippen LogP contribution >= 0.6 is 0 Å². The van der Waals surface area contributed by atoms with Crippen LogP contribution in [-0.2, 0) is 19.6 Å². The molecule has 1 atom stereocenters. The summed E-state index contributed by atoms with van der Waals surface area (Å²) < 4.78 is 37.6. The third-order valence-corrected chi connectivity index (χ3v) is 6.44. The van der Waals surface area contributed by atoms with Gasteiger partial charge in [0.1, 0.15) is 0 Å². The zero-order valence-electron chi connectivity index (χ0n) is 14.4. The van der Waals surface area contributed by atoms with Gasteiger partial charge in [-0.3, -0.25) is 9.10 Å². The van der Waals surface area contributed by atoms with E-state index in [2.05, 4.69) is 4.98 Å². The molecular formula is C19H16N2O5S. The van der Waals surface area contributed by atoms with E-state index < -0.39 is 22.0 Å². The molecule has 0 bridgehead atoms. The maximum atomic E-state index is 13.1. The average molecular weight is 384 g/mol. The third-order valence-electron chi connectivity index (χ3n) is 4.52. The lowest BCUT2D eigenvalue weighted by Gasteiger charge is -2.25. The molecular weight excluding hydrogens is 368 g/mol. The van der Waals surface area contributed by atoms with Crippen LogP contribution in [0, 0.1) is 0 Å². The topological polar surface area (TPSA) is 89.7 Å². The maximum absolute atomic E-state index is 13.1. The second-order valence-corrected chi connectivity index (χ2v) is 7.83. The van der Waals surface area contributed by atoms with Gasteiger partial charge in [0.05, 0.1) is 36.4 Å². The van der Waals surface area contributed by atoms with Crippen molar-refractivity contribution in [1.29, 1.82) is 0 Å². The Morgan fingerprint density at radius 1 is 1.19 bits per heavy atom. The Hall–Kier alpha value is -3.13. The zero-order chi connectivity index (χ0) is 19.0. The van der Waals surface area contributed by atoms with Crippen LogP contribution in [0.15, 0.2) is 70.4 Å². The largest absolute Gasteiger partial charge is 0.469 e. The van der Waals surface area contributed by atoms with Gasteiger partial charge in [-0.05, 0) is 35.9 Å². The minimum atomic E-state index is -3.78. The molecule has 2 aromatic carbocycles. The van der Waals surface area contributed by atoms with E-state index in [1.165, 1.54) is 17.8 Å². The molecule has 4 rings (SSSR count). The van der Waals surface area contributed by atoms with Gasteiger partial charge in [-0.15, -0.1) is 0 Å². The summed E-state index contributed by atoms with van der Waals surface area (Å²) in [6, 6.07) is 12.9. The van der Waals surface area contributed by atoms with Crippen molar-refractivity contribution < 1.29 is 22.4 Å². The van der Waals surface area contributed by atoms with Gasteiger partial charge in [-0.1, -0.05) is 18.2 Å². The van der Waals surface area contributed by atoms with Crippen LogP contribution < -0.4 is 4.31 Å². The number of benzene rings is 2. The van der Waals surface area contributed by atoms with Crippen LogP contribution in [0.5, 0.6) is 0 Å². The number of methoxy groups -OCH3 is 1. The fourth-order valence-electron chi connectivity index (χ4n) is 3.27. The maximum Gasteiger partial charge on any atom is 0.307 e. The average Bonchev–Trinajstić information content (AvgIpc) is 3.28. The summed E-state index contributed by atoms with van der Waals surface area (Å²) in [6.07, 6.45) is 2.84. The fraction of sp³-hybridized carbons (Fsp3) is 0.158. The smallest absolute Gasteiger partial charge is 0.307 e. The molecule has 1 aromatic heterocycles. The number of nitrogens with zero attached hydrogens (tertiary/aromatic N) is 2. The number of hydrogen-bond donors (Lipinski definition) is 0. The van der Waals surface area contributed by atoms with Crippen molar-refractivity contribution in [2.24, 2.45) is 0 Å². The number of carbonyl (C=O) groups is 1. The summed E-state index contributed by atoms with van der Waals surface area (Å²) in [5.41, 5.74) is 1.82. The number of carbonyl (C=O) groups excluding carboxylic acids is 1. The molecule has 0 saturated carbocycles. The van der Waals surface area contributed by atoms with Gasteiger partial charge in [-0.25, -0.2) is 13.4 Å². The molecule has 0 amide bonds. The standard InChI is InChI=1S/C19H16N2O5S/c1-25-19(22)10-16-15-4-2-3-5-18(15)27(23,24)21(16)14-8-6-13(7-9-14)17-11-20-12-26-17/h2-9,11-12,16H,10H2,1H3. The number of oxazole rings is 1. The highest BCUT2D eigenvalue weighted by molar-refractivity contribution is 7.93. The lowest BCUT2D eigenvalue weighted by atomic mass is 10.0. The minimum absolute atomic E-state index is 0.0728. The summed E-state index contributed by atoms with van der Waals surface area (Å²) in [6.45, 7) is 0. The van der Waals surface area contributed by atoms with Gasteiger partial charge >= 0.3 is 5.97 Å². The van der Waals surface area contributed by atoms with Gasteiger partial charge in [-0.2, -0.15) is 0 Å². The predicted molar refractivity (Wildman–Crippen MR) is 97.4 cm³/mol. The minimum Gasteiger partial charge on any atom is -0.469 e.